The van der Waals surface area contributed by atoms with E-state index in [-0.39, 0.29) is 17.4 Å². The van der Waals surface area contributed by atoms with Gasteiger partial charge in [-0.2, -0.15) is 0 Å². The molecule has 7 nitrogen and oxygen atoms in total. The first-order chi connectivity index (χ1) is 12.0. The summed E-state index contributed by atoms with van der Waals surface area (Å²) < 4.78 is 1.34. The van der Waals surface area contributed by atoms with Crippen LogP contribution < -0.4 is 16.2 Å². The van der Waals surface area contributed by atoms with E-state index in [1.807, 2.05) is 0 Å². The second-order valence-electron chi connectivity index (χ2n) is 5.71. The van der Waals surface area contributed by atoms with E-state index in [0.29, 0.717) is 16.3 Å². The number of benzene rings is 1. The molecule has 0 fully saturated rings. The Morgan fingerprint density at radius 3 is 2.40 bits per heavy atom. The standard InChI is InChI=1S/C17H16N4O3S/c1-10(2)14(22)19-11-3-5-12(6-4-11)20-15(23)13-9-18-17-21(16(13)24)7-8-25-17/h3-10H,1-2H3,(H,19,22)(H,20,23). The maximum absolute atomic E-state index is 12.3. The number of anilines is 2. The Balaban J connectivity index is 1.75. The Hall–Kier alpha value is -3.00. The zero-order valence-electron chi connectivity index (χ0n) is 13.6. The van der Waals surface area contributed by atoms with Gasteiger partial charge in [-0.25, -0.2) is 4.98 Å². The summed E-state index contributed by atoms with van der Waals surface area (Å²) in [6, 6.07) is 6.68. The van der Waals surface area contributed by atoms with E-state index in [2.05, 4.69) is 15.6 Å². The number of nitrogens with one attached hydrogen (secondary N) is 2. The van der Waals surface area contributed by atoms with Gasteiger partial charge in [-0.1, -0.05) is 13.8 Å². The molecule has 0 aliphatic rings. The number of carbonyl (C=O) groups is 2. The average Bonchev–Trinajstić information content (AvgIpc) is 3.06. The Bertz CT molecular complexity index is 989. The molecule has 3 aromatic rings. The fraction of sp³-hybridized carbons (Fsp3) is 0.176. The molecule has 0 saturated heterocycles. The number of hydrogen-bond donors (Lipinski definition) is 2. The third-order valence-electron chi connectivity index (χ3n) is 3.52. The molecule has 1 aromatic carbocycles. The molecule has 2 N–H and O–H groups in total. The van der Waals surface area contributed by atoms with Crippen LogP contribution in [0.4, 0.5) is 11.4 Å². The highest BCUT2D eigenvalue weighted by molar-refractivity contribution is 7.15. The molecule has 0 radical (unpaired) electrons. The van der Waals surface area contributed by atoms with Crippen LogP contribution in [0.25, 0.3) is 4.96 Å². The van der Waals surface area contributed by atoms with E-state index in [1.54, 1.807) is 49.7 Å². The molecule has 2 amide bonds. The molecule has 0 aliphatic heterocycles. The minimum absolute atomic E-state index is 0.0342. The van der Waals surface area contributed by atoms with Gasteiger partial charge in [0.05, 0.1) is 0 Å². The second-order valence-corrected chi connectivity index (χ2v) is 6.58. The van der Waals surface area contributed by atoms with E-state index < -0.39 is 11.5 Å². The van der Waals surface area contributed by atoms with E-state index >= 15 is 0 Å². The number of nitrogens with zero attached hydrogens (tertiary/aromatic N) is 2. The summed E-state index contributed by atoms with van der Waals surface area (Å²) in [6.07, 6.45) is 2.86. The number of fused-ring (bicyclic) bond motifs is 1. The zero-order chi connectivity index (χ0) is 18.0. The fourth-order valence-corrected chi connectivity index (χ4v) is 2.78. The number of hydrogen-bond acceptors (Lipinski definition) is 5. The van der Waals surface area contributed by atoms with E-state index in [0.717, 1.165) is 0 Å². The first-order valence-electron chi connectivity index (χ1n) is 7.63. The van der Waals surface area contributed by atoms with Crippen molar-refractivity contribution in [1.82, 2.24) is 9.38 Å². The lowest BCUT2D eigenvalue weighted by atomic mass is 10.2. The molecule has 3 rings (SSSR count). The van der Waals surface area contributed by atoms with Crippen LogP contribution in [0.3, 0.4) is 0 Å². The van der Waals surface area contributed by atoms with Crippen molar-refractivity contribution in [3.05, 3.63) is 58.0 Å². The van der Waals surface area contributed by atoms with Crippen LogP contribution in [0.1, 0.15) is 24.2 Å². The van der Waals surface area contributed by atoms with Gasteiger partial charge in [0, 0.05) is 35.1 Å². The van der Waals surface area contributed by atoms with Crippen molar-refractivity contribution < 1.29 is 9.59 Å². The van der Waals surface area contributed by atoms with Crippen molar-refractivity contribution in [2.75, 3.05) is 10.6 Å². The van der Waals surface area contributed by atoms with Gasteiger partial charge in [0.2, 0.25) is 5.91 Å². The Kier molecular flexibility index (Phi) is 4.62. The van der Waals surface area contributed by atoms with Gasteiger partial charge in [-0.15, -0.1) is 11.3 Å². The highest BCUT2D eigenvalue weighted by Crippen LogP contribution is 2.15. The second kappa shape index (κ2) is 6.86. The van der Waals surface area contributed by atoms with Crippen LogP contribution in [-0.4, -0.2) is 21.2 Å². The van der Waals surface area contributed by atoms with Crippen molar-refractivity contribution in [3.63, 3.8) is 0 Å². The molecule has 0 bridgehead atoms. The maximum Gasteiger partial charge on any atom is 0.271 e. The molecule has 0 spiro atoms. The van der Waals surface area contributed by atoms with Gasteiger partial charge in [0.1, 0.15) is 5.56 Å². The van der Waals surface area contributed by atoms with Crippen LogP contribution in [-0.2, 0) is 4.79 Å². The molecule has 0 saturated carbocycles. The van der Waals surface area contributed by atoms with Gasteiger partial charge in [0.15, 0.2) is 4.96 Å². The highest BCUT2D eigenvalue weighted by atomic mass is 32.1. The SMILES string of the molecule is CC(C)C(=O)Nc1ccc(NC(=O)c2cnc3sccn3c2=O)cc1. The van der Waals surface area contributed by atoms with Crippen molar-refractivity contribution >= 4 is 39.5 Å². The molecular formula is C17H16N4O3S. The smallest absolute Gasteiger partial charge is 0.271 e. The van der Waals surface area contributed by atoms with E-state index in [4.69, 9.17) is 0 Å². The molecule has 0 unspecified atom stereocenters. The van der Waals surface area contributed by atoms with Crippen LogP contribution in [0.2, 0.25) is 0 Å². The first kappa shape index (κ1) is 16.8. The minimum Gasteiger partial charge on any atom is -0.326 e. The Morgan fingerprint density at radius 1 is 1.12 bits per heavy atom. The van der Waals surface area contributed by atoms with E-state index in [1.165, 1.54) is 21.9 Å². The van der Waals surface area contributed by atoms with Crippen LogP contribution in [0.15, 0.2) is 46.8 Å². The molecule has 2 aromatic heterocycles. The summed E-state index contributed by atoms with van der Waals surface area (Å²) in [7, 11) is 0. The number of carbonyl (C=O) groups excluding carboxylic acids is 2. The normalized spacial score (nSPS) is 10.8. The van der Waals surface area contributed by atoms with Crippen molar-refractivity contribution in [1.29, 1.82) is 0 Å². The lowest BCUT2D eigenvalue weighted by Crippen LogP contribution is -2.25. The lowest BCUT2D eigenvalue weighted by Gasteiger charge is -2.09. The van der Waals surface area contributed by atoms with Gasteiger partial charge in [0.25, 0.3) is 11.5 Å². The molecule has 2 heterocycles. The Labute approximate surface area is 147 Å². The number of thiazole rings is 1. The fourth-order valence-electron chi connectivity index (χ4n) is 2.10. The lowest BCUT2D eigenvalue weighted by molar-refractivity contribution is -0.118. The molecule has 128 valence electrons. The van der Waals surface area contributed by atoms with Crippen molar-refractivity contribution in [2.45, 2.75) is 13.8 Å². The number of rotatable bonds is 4. The third kappa shape index (κ3) is 3.58. The molecule has 25 heavy (non-hydrogen) atoms. The van der Waals surface area contributed by atoms with Crippen LogP contribution in [0, 0.1) is 5.92 Å². The highest BCUT2D eigenvalue weighted by Gasteiger charge is 2.14. The van der Waals surface area contributed by atoms with Crippen molar-refractivity contribution in [2.24, 2.45) is 5.92 Å². The molecule has 0 atom stereocenters. The Morgan fingerprint density at radius 2 is 1.76 bits per heavy atom. The molecule has 8 heteroatoms. The quantitative estimate of drug-likeness (QED) is 0.751. The minimum atomic E-state index is -0.530. The third-order valence-corrected chi connectivity index (χ3v) is 4.29. The monoisotopic (exact) mass is 356 g/mol. The summed E-state index contributed by atoms with van der Waals surface area (Å²) in [5.74, 6) is -0.733. The predicted molar refractivity (Wildman–Crippen MR) is 97.2 cm³/mol. The number of aromatic nitrogens is 2. The zero-order valence-corrected chi connectivity index (χ0v) is 14.5. The van der Waals surface area contributed by atoms with Crippen LogP contribution in [0.5, 0.6) is 0 Å². The topological polar surface area (TPSA) is 92.6 Å². The van der Waals surface area contributed by atoms with Gasteiger partial charge >= 0.3 is 0 Å². The summed E-state index contributed by atoms with van der Waals surface area (Å²) in [5, 5.41) is 7.16. The van der Waals surface area contributed by atoms with Crippen molar-refractivity contribution in [3.8, 4) is 0 Å². The summed E-state index contributed by atoms with van der Waals surface area (Å²) in [5.41, 5.74) is 0.707. The summed E-state index contributed by atoms with van der Waals surface area (Å²) >= 11 is 1.32. The maximum atomic E-state index is 12.3. The summed E-state index contributed by atoms with van der Waals surface area (Å²) in [4.78, 5) is 40.9. The summed E-state index contributed by atoms with van der Waals surface area (Å²) in [6.45, 7) is 3.61. The predicted octanol–water partition coefficient (Wildman–Crippen LogP) is 2.60. The van der Waals surface area contributed by atoms with E-state index in [9.17, 15) is 14.4 Å². The largest absolute Gasteiger partial charge is 0.326 e. The first-order valence-corrected chi connectivity index (χ1v) is 8.51. The molecule has 0 aliphatic carbocycles. The number of amides is 2. The van der Waals surface area contributed by atoms with Gasteiger partial charge in [-0.05, 0) is 24.3 Å². The van der Waals surface area contributed by atoms with Gasteiger partial charge < -0.3 is 10.6 Å². The average molecular weight is 356 g/mol. The van der Waals surface area contributed by atoms with Gasteiger partial charge in [-0.3, -0.25) is 18.8 Å². The molecular weight excluding hydrogens is 340 g/mol. The van der Waals surface area contributed by atoms with Crippen LogP contribution >= 0.6 is 11.3 Å².